The van der Waals surface area contributed by atoms with Gasteiger partial charge < -0.3 is 14.8 Å². The summed E-state index contributed by atoms with van der Waals surface area (Å²) in [6, 6.07) is 28.8. The predicted octanol–water partition coefficient (Wildman–Crippen LogP) is 7.15. The van der Waals surface area contributed by atoms with Crippen LogP contribution in [0.5, 0.6) is 11.5 Å². The minimum atomic E-state index is -0.525. The Morgan fingerprint density at radius 3 is 2.42 bits per heavy atom. The van der Waals surface area contributed by atoms with Crippen molar-refractivity contribution in [2.24, 2.45) is 0 Å². The summed E-state index contributed by atoms with van der Waals surface area (Å²) in [7, 11) is 1.55. The van der Waals surface area contributed by atoms with Gasteiger partial charge in [0.1, 0.15) is 35.6 Å². The van der Waals surface area contributed by atoms with Gasteiger partial charge in [0.15, 0.2) is 0 Å². The van der Waals surface area contributed by atoms with Crippen LogP contribution in [0.4, 0.5) is 10.1 Å². The molecule has 0 aliphatic rings. The number of halogens is 2. The number of hydrogen-bond donors (Lipinski definition) is 1. The standard InChI is InChI=1S/C31H24FIN2O3/c1-37-30-18-23(17-29(33)28(30)16-22-8-5-9-25(32)15-22)14-24(19-34)31(36)35-26-10-12-27(13-11-26)38-20-21-6-3-2-4-7-21/h2-15,17-18H,16,20H2,1H3,(H,35,36)/b24-14+. The summed E-state index contributed by atoms with van der Waals surface area (Å²) in [4.78, 5) is 12.8. The second kappa shape index (κ2) is 12.9. The van der Waals surface area contributed by atoms with Gasteiger partial charge in [0.2, 0.25) is 0 Å². The Kier molecular flexibility index (Phi) is 9.11. The van der Waals surface area contributed by atoms with Crippen LogP contribution in [0.25, 0.3) is 6.08 Å². The van der Waals surface area contributed by atoms with E-state index in [0.717, 1.165) is 20.3 Å². The van der Waals surface area contributed by atoms with Gasteiger partial charge in [0.05, 0.1) is 7.11 Å². The molecule has 4 aromatic rings. The molecule has 0 saturated heterocycles. The monoisotopic (exact) mass is 618 g/mol. The lowest BCUT2D eigenvalue weighted by Gasteiger charge is -2.13. The van der Waals surface area contributed by atoms with E-state index in [0.29, 0.717) is 35.8 Å². The highest BCUT2D eigenvalue weighted by Crippen LogP contribution is 2.30. The van der Waals surface area contributed by atoms with Gasteiger partial charge in [0, 0.05) is 21.2 Å². The number of amides is 1. The lowest BCUT2D eigenvalue weighted by atomic mass is 10.0. The molecule has 1 amide bonds. The maximum atomic E-state index is 13.6. The summed E-state index contributed by atoms with van der Waals surface area (Å²) in [5, 5.41) is 12.4. The van der Waals surface area contributed by atoms with Gasteiger partial charge in [-0.1, -0.05) is 42.5 Å². The molecule has 0 aromatic heterocycles. The fraction of sp³-hybridized carbons (Fsp3) is 0.0968. The molecule has 0 bridgehead atoms. The first-order valence-electron chi connectivity index (χ1n) is 11.8. The molecule has 1 N–H and O–H groups in total. The Labute approximate surface area is 234 Å². The molecule has 0 radical (unpaired) electrons. The molecule has 0 heterocycles. The van der Waals surface area contributed by atoms with Crippen LogP contribution in [0.1, 0.15) is 22.3 Å². The first-order valence-corrected chi connectivity index (χ1v) is 12.8. The molecule has 7 heteroatoms. The second-order valence-electron chi connectivity index (χ2n) is 8.41. The van der Waals surface area contributed by atoms with Crippen LogP contribution in [-0.2, 0) is 17.8 Å². The number of carbonyl (C=O) groups is 1. The van der Waals surface area contributed by atoms with E-state index in [1.54, 1.807) is 43.5 Å². The number of methoxy groups -OCH3 is 1. The van der Waals surface area contributed by atoms with Crippen LogP contribution in [0.15, 0.2) is 96.6 Å². The molecular weight excluding hydrogens is 594 g/mol. The van der Waals surface area contributed by atoms with Crippen molar-refractivity contribution < 1.29 is 18.7 Å². The number of carbonyl (C=O) groups excluding carboxylic acids is 1. The van der Waals surface area contributed by atoms with Crippen molar-refractivity contribution in [2.45, 2.75) is 13.0 Å². The van der Waals surface area contributed by atoms with Gasteiger partial charge in [-0.15, -0.1) is 0 Å². The Morgan fingerprint density at radius 2 is 1.74 bits per heavy atom. The largest absolute Gasteiger partial charge is 0.496 e. The third-order valence-electron chi connectivity index (χ3n) is 5.70. The summed E-state index contributed by atoms with van der Waals surface area (Å²) >= 11 is 2.18. The van der Waals surface area contributed by atoms with Crippen LogP contribution in [0.3, 0.4) is 0 Å². The van der Waals surface area contributed by atoms with E-state index in [4.69, 9.17) is 9.47 Å². The lowest BCUT2D eigenvalue weighted by Crippen LogP contribution is -2.13. The van der Waals surface area contributed by atoms with Crippen LogP contribution < -0.4 is 14.8 Å². The highest BCUT2D eigenvalue weighted by Gasteiger charge is 2.14. The molecule has 190 valence electrons. The molecule has 0 fully saturated rings. The summed E-state index contributed by atoms with van der Waals surface area (Å²) in [6.45, 7) is 0.442. The Balaban J connectivity index is 1.45. The zero-order chi connectivity index (χ0) is 26.9. The Morgan fingerprint density at radius 1 is 1.00 bits per heavy atom. The van der Waals surface area contributed by atoms with Gasteiger partial charge >= 0.3 is 0 Å². The van der Waals surface area contributed by atoms with E-state index in [2.05, 4.69) is 27.9 Å². The molecule has 5 nitrogen and oxygen atoms in total. The summed E-state index contributed by atoms with van der Waals surface area (Å²) < 4.78 is 25.9. The van der Waals surface area contributed by atoms with Gasteiger partial charge in [-0.05, 0) is 93.9 Å². The Bertz CT molecular complexity index is 1500. The number of ether oxygens (including phenoxy) is 2. The van der Waals surface area contributed by atoms with Crippen molar-refractivity contribution in [1.29, 1.82) is 5.26 Å². The SMILES string of the molecule is COc1cc(/C=C(\C#N)C(=O)Nc2ccc(OCc3ccccc3)cc2)cc(I)c1Cc1cccc(F)c1. The number of benzene rings is 4. The highest BCUT2D eigenvalue weighted by atomic mass is 127. The lowest BCUT2D eigenvalue weighted by molar-refractivity contribution is -0.112. The molecule has 4 rings (SSSR count). The highest BCUT2D eigenvalue weighted by molar-refractivity contribution is 14.1. The minimum Gasteiger partial charge on any atom is -0.496 e. The molecule has 0 saturated carbocycles. The first-order chi connectivity index (χ1) is 18.4. The maximum Gasteiger partial charge on any atom is 0.266 e. The average Bonchev–Trinajstić information content (AvgIpc) is 2.93. The molecule has 0 spiro atoms. The number of nitrogens with one attached hydrogen (secondary N) is 1. The van der Waals surface area contributed by atoms with E-state index in [-0.39, 0.29) is 11.4 Å². The molecule has 0 aliphatic carbocycles. The first kappa shape index (κ1) is 26.9. The second-order valence-corrected chi connectivity index (χ2v) is 9.58. The van der Waals surface area contributed by atoms with E-state index in [1.165, 1.54) is 18.2 Å². The van der Waals surface area contributed by atoms with E-state index < -0.39 is 5.91 Å². The van der Waals surface area contributed by atoms with Crippen molar-refractivity contribution in [1.82, 2.24) is 0 Å². The van der Waals surface area contributed by atoms with Crippen molar-refractivity contribution in [2.75, 3.05) is 12.4 Å². The van der Waals surface area contributed by atoms with Crippen LogP contribution >= 0.6 is 22.6 Å². The van der Waals surface area contributed by atoms with Gasteiger partial charge in [-0.2, -0.15) is 5.26 Å². The summed E-state index contributed by atoms with van der Waals surface area (Å²) in [5.41, 5.74) is 3.91. The quantitative estimate of drug-likeness (QED) is 0.123. The zero-order valence-electron chi connectivity index (χ0n) is 20.6. The number of hydrogen-bond acceptors (Lipinski definition) is 4. The molecule has 4 aromatic carbocycles. The van der Waals surface area contributed by atoms with E-state index in [1.807, 2.05) is 48.5 Å². The van der Waals surface area contributed by atoms with Crippen LogP contribution in [-0.4, -0.2) is 13.0 Å². The molecular formula is C31H24FIN2O3. The van der Waals surface area contributed by atoms with E-state index >= 15 is 0 Å². The van der Waals surface area contributed by atoms with Crippen molar-refractivity contribution >= 4 is 40.3 Å². The normalized spacial score (nSPS) is 10.9. The summed E-state index contributed by atoms with van der Waals surface area (Å²) in [5.74, 6) is 0.442. The topological polar surface area (TPSA) is 71.3 Å². The molecule has 0 unspecified atom stereocenters. The van der Waals surface area contributed by atoms with E-state index in [9.17, 15) is 14.4 Å². The third kappa shape index (κ3) is 7.20. The smallest absolute Gasteiger partial charge is 0.266 e. The summed E-state index contributed by atoms with van der Waals surface area (Å²) in [6.07, 6.45) is 2.00. The predicted molar refractivity (Wildman–Crippen MR) is 154 cm³/mol. The fourth-order valence-corrected chi connectivity index (χ4v) is 4.62. The van der Waals surface area contributed by atoms with Crippen molar-refractivity contribution in [3.8, 4) is 17.6 Å². The van der Waals surface area contributed by atoms with Crippen molar-refractivity contribution in [3.63, 3.8) is 0 Å². The zero-order valence-corrected chi connectivity index (χ0v) is 22.7. The van der Waals surface area contributed by atoms with Crippen LogP contribution in [0, 0.1) is 20.7 Å². The number of rotatable bonds is 9. The Hall–Kier alpha value is -4.16. The van der Waals surface area contributed by atoms with Gasteiger partial charge in [0.25, 0.3) is 5.91 Å². The fourth-order valence-electron chi connectivity index (χ4n) is 3.81. The average molecular weight is 618 g/mol. The molecule has 38 heavy (non-hydrogen) atoms. The molecule has 0 atom stereocenters. The third-order valence-corrected chi connectivity index (χ3v) is 6.67. The molecule has 0 aliphatic heterocycles. The van der Waals surface area contributed by atoms with Gasteiger partial charge in [-0.3, -0.25) is 4.79 Å². The number of nitriles is 1. The van der Waals surface area contributed by atoms with Crippen LogP contribution in [0.2, 0.25) is 0 Å². The maximum absolute atomic E-state index is 13.6. The number of nitrogens with zero attached hydrogens (tertiary/aromatic N) is 1. The minimum absolute atomic E-state index is 0.0508. The number of anilines is 1. The van der Waals surface area contributed by atoms with Gasteiger partial charge in [-0.25, -0.2) is 4.39 Å². The van der Waals surface area contributed by atoms with Crippen molar-refractivity contribution in [3.05, 3.63) is 128 Å².